The Bertz CT molecular complexity index is 627. The molecule has 1 amide bonds. The van der Waals surface area contributed by atoms with E-state index in [1.165, 1.54) is 19.8 Å². The molecule has 136 valence electrons. The summed E-state index contributed by atoms with van der Waals surface area (Å²) in [4.78, 5) is 11.5. The lowest BCUT2D eigenvalue weighted by atomic mass is 9.76. The van der Waals surface area contributed by atoms with Crippen molar-refractivity contribution in [3.63, 3.8) is 0 Å². The molecule has 25 heavy (non-hydrogen) atoms. The van der Waals surface area contributed by atoms with Crippen LogP contribution in [0.15, 0.2) is 18.2 Å². The number of hydrogen-bond donors (Lipinski definition) is 1. The van der Waals surface area contributed by atoms with Gasteiger partial charge in [0.1, 0.15) is 0 Å². The molecule has 0 fully saturated rings. The van der Waals surface area contributed by atoms with Gasteiger partial charge in [0.05, 0.1) is 6.07 Å². The van der Waals surface area contributed by atoms with Crippen LogP contribution in [-0.2, 0) is 4.79 Å². The summed E-state index contributed by atoms with van der Waals surface area (Å²) in [6.45, 7) is 5.60. The molecule has 1 N–H and O–H groups in total. The molecule has 0 aliphatic carbocycles. The van der Waals surface area contributed by atoms with Gasteiger partial charge >= 0.3 is 0 Å². The van der Waals surface area contributed by atoms with Gasteiger partial charge in [0.2, 0.25) is 5.91 Å². The number of rotatable bonds is 10. The first-order valence-corrected chi connectivity index (χ1v) is 9.71. The molecule has 0 spiro atoms. The summed E-state index contributed by atoms with van der Waals surface area (Å²) in [7, 11) is 0. The number of halogens is 1. The van der Waals surface area contributed by atoms with Gasteiger partial charge in [-0.05, 0) is 48.4 Å². The van der Waals surface area contributed by atoms with Crippen molar-refractivity contribution in [1.82, 2.24) is 0 Å². The van der Waals surface area contributed by atoms with Crippen LogP contribution < -0.4 is 5.32 Å². The molecule has 1 rings (SSSR count). The first kappa shape index (κ1) is 21.6. The number of nitrogens with one attached hydrogen (secondary N) is 1. The van der Waals surface area contributed by atoms with E-state index >= 15 is 0 Å². The number of nitrogens with zero attached hydrogens (tertiary/aromatic N) is 1. The third-order valence-electron chi connectivity index (χ3n) is 4.53. The number of hydrogen-bond acceptors (Lipinski definition) is 3. The van der Waals surface area contributed by atoms with E-state index in [0.717, 1.165) is 24.8 Å². The van der Waals surface area contributed by atoms with Crippen LogP contribution in [0.5, 0.6) is 0 Å². The highest BCUT2D eigenvalue weighted by Crippen LogP contribution is 2.38. The summed E-state index contributed by atoms with van der Waals surface area (Å²) in [5.41, 5.74) is 1.60. The zero-order valence-corrected chi connectivity index (χ0v) is 16.8. The van der Waals surface area contributed by atoms with Gasteiger partial charge in [0.25, 0.3) is 0 Å². The van der Waals surface area contributed by atoms with E-state index in [1.54, 1.807) is 17.5 Å². The molecule has 0 bridgehead atoms. The monoisotopic (exact) mass is 378 g/mol. The van der Waals surface area contributed by atoms with E-state index in [2.05, 4.69) is 18.3 Å². The number of unbranched alkanes of at least 4 members (excludes halogenated alkanes) is 3. The lowest BCUT2D eigenvalue weighted by Gasteiger charge is -2.28. The van der Waals surface area contributed by atoms with Crippen LogP contribution in [0.25, 0.3) is 0 Å². The average Bonchev–Trinajstić information content (AvgIpc) is 2.58. The minimum atomic E-state index is -0.139. The highest BCUT2D eigenvalue weighted by Gasteiger charge is 2.28. The predicted octanol–water partition coefficient (Wildman–Crippen LogP) is 6.13. The van der Waals surface area contributed by atoms with Gasteiger partial charge in [-0.15, -0.1) is 0 Å². The molecule has 3 atom stereocenters. The smallest absolute Gasteiger partial charge is 0.221 e. The van der Waals surface area contributed by atoms with Gasteiger partial charge in [-0.3, -0.25) is 4.79 Å². The number of carbonyl (C=O) groups is 1. The van der Waals surface area contributed by atoms with Crippen LogP contribution in [0.1, 0.15) is 64.4 Å². The van der Waals surface area contributed by atoms with Crippen LogP contribution in [0.3, 0.4) is 0 Å². The summed E-state index contributed by atoms with van der Waals surface area (Å²) < 4.78 is 0. The van der Waals surface area contributed by atoms with Crippen LogP contribution in [0.4, 0.5) is 5.69 Å². The van der Waals surface area contributed by atoms with E-state index in [4.69, 9.17) is 23.8 Å². The Morgan fingerprint density at radius 2 is 2.12 bits per heavy atom. The molecular formula is C20H27ClN2OS. The SMILES string of the molecule is CCCCCCC(C(C)C#N)C(C=S)c1cc(Cl)ccc1NC(C)=O. The Balaban J connectivity index is 3.17. The van der Waals surface area contributed by atoms with Gasteiger partial charge in [-0.25, -0.2) is 0 Å². The standard InChI is InChI=1S/C20H27ClN2OS/c1-4-5-6-7-8-17(14(2)12-22)19(13-25)18-11-16(21)9-10-20(18)23-15(3)24/h9-11,13-14,17,19H,4-8H2,1-3H3,(H,23,24). The topological polar surface area (TPSA) is 52.9 Å². The van der Waals surface area contributed by atoms with Crippen molar-refractivity contribution in [3.8, 4) is 6.07 Å². The fourth-order valence-corrected chi connectivity index (χ4v) is 3.69. The minimum absolute atomic E-state index is 0.102. The zero-order chi connectivity index (χ0) is 18.8. The van der Waals surface area contributed by atoms with Crippen LogP contribution >= 0.6 is 23.8 Å². The molecular weight excluding hydrogens is 352 g/mol. The number of thiocarbonyl (C=S) groups is 1. The van der Waals surface area contributed by atoms with Crippen molar-refractivity contribution in [1.29, 1.82) is 5.26 Å². The predicted molar refractivity (Wildman–Crippen MR) is 109 cm³/mol. The summed E-state index contributed by atoms with van der Waals surface area (Å²) in [5, 5.41) is 14.6. The van der Waals surface area contributed by atoms with Crippen molar-refractivity contribution in [2.45, 2.75) is 58.8 Å². The molecule has 1 aromatic carbocycles. The number of nitriles is 1. The van der Waals surface area contributed by atoms with Crippen molar-refractivity contribution in [3.05, 3.63) is 28.8 Å². The Morgan fingerprint density at radius 3 is 2.68 bits per heavy atom. The van der Waals surface area contributed by atoms with Crippen LogP contribution in [-0.4, -0.2) is 11.3 Å². The van der Waals surface area contributed by atoms with E-state index in [-0.39, 0.29) is 23.7 Å². The first-order valence-electron chi connectivity index (χ1n) is 8.86. The maximum atomic E-state index is 11.5. The number of anilines is 1. The van der Waals surface area contributed by atoms with Crippen LogP contribution in [0, 0.1) is 23.2 Å². The van der Waals surface area contributed by atoms with Crippen molar-refractivity contribution in [2.75, 3.05) is 5.32 Å². The first-order chi connectivity index (χ1) is 11.9. The zero-order valence-electron chi connectivity index (χ0n) is 15.2. The Kier molecular flexibility index (Phi) is 9.70. The molecule has 5 heteroatoms. The number of carbonyl (C=O) groups excluding carboxylic acids is 1. The molecule has 3 nitrogen and oxygen atoms in total. The maximum absolute atomic E-state index is 11.5. The molecule has 0 aliphatic rings. The second kappa shape index (κ2) is 11.2. The maximum Gasteiger partial charge on any atom is 0.221 e. The van der Waals surface area contributed by atoms with Gasteiger partial charge in [-0.1, -0.05) is 56.4 Å². The van der Waals surface area contributed by atoms with Gasteiger partial charge in [-0.2, -0.15) is 5.26 Å². The van der Waals surface area contributed by atoms with Crippen LogP contribution in [0.2, 0.25) is 5.02 Å². The summed E-state index contributed by atoms with van der Waals surface area (Å²) in [5.74, 6) is -0.272. The molecule has 0 saturated carbocycles. The minimum Gasteiger partial charge on any atom is -0.326 e. The highest BCUT2D eigenvalue weighted by molar-refractivity contribution is 7.79. The molecule has 0 aromatic heterocycles. The lowest BCUT2D eigenvalue weighted by molar-refractivity contribution is -0.114. The van der Waals surface area contributed by atoms with E-state index in [0.29, 0.717) is 10.7 Å². The second-order valence-corrected chi connectivity index (χ2v) is 7.21. The van der Waals surface area contributed by atoms with Crippen molar-refractivity contribution in [2.24, 2.45) is 11.8 Å². The Morgan fingerprint density at radius 1 is 1.40 bits per heavy atom. The largest absolute Gasteiger partial charge is 0.326 e. The molecule has 0 aliphatic heterocycles. The van der Waals surface area contributed by atoms with Crippen molar-refractivity contribution < 1.29 is 4.79 Å². The fourth-order valence-electron chi connectivity index (χ4n) is 3.16. The highest BCUT2D eigenvalue weighted by atomic mass is 35.5. The number of amides is 1. The summed E-state index contributed by atoms with van der Waals surface area (Å²) in [6, 6.07) is 7.78. The second-order valence-electron chi connectivity index (χ2n) is 6.51. The Hall–Kier alpha value is -1.44. The third-order valence-corrected chi connectivity index (χ3v) is 5.06. The molecule has 0 radical (unpaired) electrons. The quantitative estimate of drug-likeness (QED) is 0.393. The summed E-state index contributed by atoms with van der Waals surface area (Å²) >= 11 is 11.5. The fraction of sp³-hybridized carbons (Fsp3) is 0.550. The lowest BCUT2D eigenvalue weighted by Crippen LogP contribution is -2.22. The van der Waals surface area contributed by atoms with Crippen molar-refractivity contribution >= 4 is 40.8 Å². The van der Waals surface area contributed by atoms with Gasteiger partial charge in [0, 0.05) is 29.5 Å². The normalized spacial score (nSPS) is 14.2. The number of benzene rings is 1. The van der Waals surface area contributed by atoms with Gasteiger partial charge in [0.15, 0.2) is 0 Å². The Labute approximate surface area is 161 Å². The van der Waals surface area contributed by atoms with E-state index in [1.807, 2.05) is 13.0 Å². The van der Waals surface area contributed by atoms with E-state index < -0.39 is 0 Å². The molecule has 3 unspecified atom stereocenters. The molecule has 0 heterocycles. The molecule has 0 saturated heterocycles. The van der Waals surface area contributed by atoms with Gasteiger partial charge < -0.3 is 5.32 Å². The average molecular weight is 379 g/mol. The summed E-state index contributed by atoms with van der Waals surface area (Å²) in [6.07, 6.45) is 5.53. The van der Waals surface area contributed by atoms with E-state index in [9.17, 15) is 10.1 Å². The third kappa shape index (κ3) is 6.76. The molecule has 1 aromatic rings.